The van der Waals surface area contributed by atoms with Gasteiger partial charge in [0.05, 0.1) is 6.10 Å². The standard InChI is InChI=1S/C22H36O4/c1-15(10-11-26-17(3)24)6-8-19-16(2)7-9-20-21(4,14-23)12-18(25)13-22(19,20)5/h7,10,18-20,23,25H,6,8-9,11-14H2,1-5H3/b15-10+/t18-,19-,20-,21+,22+/m0/s1. The zero-order chi connectivity index (χ0) is 19.5. The van der Waals surface area contributed by atoms with Gasteiger partial charge in [0.15, 0.2) is 0 Å². The van der Waals surface area contributed by atoms with Crippen LogP contribution in [0.25, 0.3) is 0 Å². The fourth-order valence-corrected chi connectivity index (χ4v) is 5.61. The molecule has 1 fully saturated rings. The second kappa shape index (κ2) is 8.26. The molecule has 0 heterocycles. The molecule has 0 aromatic carbocycles. The number of esters is 1. The number of carbonyl (C=O) groups is 1. The number of hydrogen-bond acceptors (Lipinski definition) is 4. The van der Waals surface area contributed by atoms with Crippen molar-refractivity contribution in [2.75, 3.05) is 13.2 Å². The van der Waals surface area contributed by atoms with Gasteiger partial charge in [-0.05, 0) is 74.7 Å². The largest absolute Gasteiger partial charge is 0.462 e. The number of aliphatic hydroxyl groups excluding tert-OH is 2. The first-order valence-corrected chi connectivity index (χ1v) is 9.87. The first kappa shape index (κ1) is 21.2. The molecule has 2 rings (SSSR count). The van der Waals surface area contributed by atoms with E-state index in [0.29, 0.717) is 24.9 Å². The number of aliphatic hydroxyl groups is 2. The average Bonchev–Trinajstić information content (AvgIpc) is 2.52. The lowest BCUT2D eigenvalue weighted by atomic mass is 9.47. The lowest BCUT2D eigenvalue weighted by Gasteiger charge is -2.58. The molecule has 2 aliphatic carbocycles. The summed E-state index contributed by atoms with van der Waals surface area (Å²) in [7, 11) is 0. The molecular weight excluding hydrogens is 328 g/mol. The molecule has 0 aromatic heterocycles. The summed E-state index contributed by atoms with van der Waals surface area (Å²) in [5.41, 5.74) is 2.42. The van der Waals surface area contributed by atoms with Gasteiger partial charge in [0, 0.05) is 13.5 Å². The first-order chi connectivity index (χ1) is 12.1. The zero-order valence-electron chi connectivity index (χ0n) is 17.0. The van der Waals surface area contributed by atoms with Crippen LogP contribution >= 0.6 is 0 Å². The summed E-state index contributed by atoms with van der Waals surface area (Å²) in [6, 6.07) is 0. The van der Waals surface area contributed by atoms with Crippen LogP contribution in [-0.4, -0.2) is 35.5 Å². The Hall–Kier alpha value is -1.13. The second-order valence-corrected chi connectivity index (χ2v) is 9.06. The summed E-state index contributed by atoms with van der Waals surface area (Å²) in [6.07, 6.45) is 8.44. The summed E-state index contributed by atoms with van der Waals surface area (Å²) in [6.45, 7) is 10.6. The summed E-state index contributed by atoms with van der Waals surface area (Å²) >= 11 is 0. The molecule has 0 aliphatic heterocycles. The molecule has 0 bridgehead atoms. The van der Waals surface area contributed by atoms with Crippen molar-refractivity contribution in [1.82, 2.24) is 0 Å². The Morgan fingerprint density at radius 3 is 2.65 bits per heavy atom. The Morgan fingerprint density at radius 1 is 1.35 bits per heavy atom. The van der Waals surface area contributed by atoms with Gasteiger partial charge in [-0.25, -0.2) is 0 Å². The van der Waals surface area contributed by atoms with Gasteiger partial charge < -0.3 is 14.9 Å². The number of fused-ring (bicyclic) bond motifs is 1. The van der Waals surface area contributed by atoms with Crippen molar-refractivity contribution in [3.63, 3.8) is 0 Å². The van der Waals surface area contributed by atoms with Crippen LogP contribution in [0.3, 0.4) is 0 Å². The van der Waals surface area contributed by atoms with E-state index in [9.17, 15) is 15.0 Å². The van der Waals surface area contributed by atoms with Crippen LogP contribution in [-0.2, 0) is 9.53 Å². The van der Waals surface area contributed by atoms with Crippen molar-refractivity contribution >= 4 is 5.97 Å². The SMILES string of the molecule is CC(=O)OC/C=C(\C)CC[C@H]1C(C)=CC[C@H]2[C@@](C)(CO)C[C@H](O)C[C@]12C. The van der Waals surface area contributed by atoms with Crippen molar-refractivity contribution in [2.45, 2.75) is 72.8 Å². The van der Waals surface area contributed by atoms with Crippen molar-refractivity contribution in [3.05, 3.63) is 23.3 Å². The van der Waals surface area contributed by atoms with Crippen LogP contribution < -0.4 is 0 Å². The average molecular weight is 365 g/mol. The molecule has 2 N–H and O–H groups in total. The Labute approximate surface area is 158 Å². The van der Waals surface area contributed by atoms with E-state index in [-0.39, 0.29) is 29.5 Å². The molecule has 4 heteroatoms. The number of allylic oxidation sites excluding steroid dienone is 3. The maximum atomic E-state index is 10.9. The van der Waals surface area contributed by atoms with Crippen LogP contribution in [0.5, 0.6) is 0 Å². The summed E-state index contributed by atoms with van der Waals surface area (Å²) in [4.78, 5) is 10.9. The fourth-order valence-electron chi connectivity index (χ4n) is 5.61. The van der Waals surface area contributed by atoms with E-state index < -0.39 is 0 Å². The smallest absolute Gasteiger partial charge is 0.302 e. The Morgan fingerprint density at radius 2 is 2.04 bits per heavy atom. The fraction of sp³-hybridized carbons (Fsp3) is 0.773. The third-order valence-corrected chi connectivity index (χ3v) is 6.94. The monoisotopic (exact) mass is 364 g/mol. The first-order valence-electron chi connectivity index (χ1n) is 9.87. The summed E-state index contributed by atoms with van der Waals surface area (Å²) < 4.78 is 5.00. The van der Waals surface area contributed by atoms with E-state index in [4.69, 9.17) is 4.74 Å². The van der Waals surface area contributed by atoms with Gasteiger partial charge in [-0.1, -0.05) is 31.1 Å². The number of carbonyl (C=O) groups excluding carboxylic acids is 1. The second-order valence-electron chi connectivity index (χ2n) is 9.06. The number of rotatable bonds is 6. The Balaban J connectivity index is 2.15. The Kier molecular flexibility index (Phi) is 6.73. The van der Waals surface area contributed by atoms with Gasteiger partial charge in [0.25, 0.3) is 0 Å². The van der Waals surface area contributed by atoms with E-state index >= 15 is 0 Å². The van der Waals surface area contributed by atoms with E-state index in [1.165, 1.54) is 18.1 Å². The quantitative estimate of drug-likeness (QED) is 0.552. The topological polar surface area (TPSA) is 66.8 Å². The minimum Gasteiger partial charge on any atom is -0.462 e. The van der Waals surface area contributed by atoms with Gasteiger partial charge in [-0.3, -0.25) is 4.79 Å². The van der Waals surface area contributed by atoms with Crippen molar-refractivity contribution in [1.29, 1.82) is 0 Å². The molecule has 2 aliphatic rings. The highest BCUT2D eigenvalue weighted by molar-refractivity contribution is 5.66. The molecule has 4 nitrogen and oxygen atoms in total. The number of hydrogen-bond donors (Lipinski definition) is 2. The number of ether oxygens (including phenoxy) is 1. The predicted molar refractivity (Wildman–Crippen MR) is 104 cm³/mol. The lowest BCUT2D eigenvalue weighted by molar-refractivity contribution is -0.139. The van der Waals surface area contributed by atoms with Gasteiger partial charge in [0.2, 0.25) is 0 Å². The molecular formula is C22H36O4. The van der Waals surface area contributed by atoms with Crippen LogP contribution in [0.2, 0.25) is 0 Å². The maximum absolute atomic E-state index is 10.9. The minimum absolute atomic E-state index is 0.00411. The molecule has 5 atom stereocenters. The van der Waals surface area contributed by atoms with Crippen molar-refractivity contribution < 1.29 is 19.7 Å². The maximum Gasteiger partial charge on any atom is 0.302 e. The Bertz CT molecular complexity index is 579. The van der Waals surface area contributed by atoms with Crippen LogP contribution in [0, 0.1) is 22.7 Å². The van der Waals surface area contributed by atoms with Crippen LogP contribution in [0.1, 0.15) is 66.7 Å². The minimum atomic E-state index is -0.345. The lowest BCUT2D eigenvalue weighted by Crippen LogP contribution is -2.54. The van der Waals surface area contributed by atoms with Crippen LogP contribution in [0.15, 0.2) is 23.3 Å². The zero-order valence-corrected chi connectivity index (χ0v) is 17.0. The van der Waals surface area contributed by atoms with E-state index in [1.807, 2.05) is 6.08 Å². The molecule has 0 spiro atoms. The van der Waals surface area contributed by atoms with Gasteiger partial charge in [0.1, 0.15) is 6.61 Å². The van der Waals surface area contributed by atoms with Crippen molar-refractivity contribution in [2.24, 2.45) is 22.7 Å². The highest BCUT2D eigenvalue weighted by atomic mass is 16.5. The molecule has 0 radical (unpaired) electrons. The van der Waals surface area contributed by atoms with Crippen LogP contribution in [0.4, 0.5) is 0 Å². The molecule has 0 amide bonds. The highest BCUT2D eigenvalue weighted by Crippen LogP contribution is 2.60. The van der Waals surface area contributed by atoms with Crippen molar-refractivity contribution in [3.8, 4) is 0 Å². The van der Waals surface area contributed by atoms with Gasteiger partial charge >= 0.3 is 5.97 Å². The predicted octanol–water partition coefficient (Wildman–Crippen LogP) is 4.02. The van der Waals surface area contributed by atoms with E-state index in [0.717, 1.165) is 25.7 Å². The molecule has 1 saturated carbocycles. The van der Waals surface area contributed by atoms with Gasteiger partial charge in [-0.2, -0.15) is 0 Å². The molecule has 0 unspecified atom stereocenters. The molecule has 0 saturated heterocycles. The summed E-state index contributed by atoms with van der Waals surface area (Å²) in [5.74, 6) is 0.538. The van der Waals surface area contributed by atoms with E-state index in [2.05, 4.69) is 33.8 Å². The molecule has 0 aromatic rings. The normalized spacial score (nSPS) is 37.7. The third kappa shape index (κ3) is 4.40. The summed E-state index contributed by atoms with van der Waals surface area (Å²) in [5, 5.41) is 20.6. The highest BCUT2D eigenvalue weighted by Gasteiger charge is 2.55. The van der Waals surface area contributed by atoms with Gasteiger partial charge in [-0.15, -0.1) is 0 Å². The van der Waals surface area contributed by atoms with E-state index in [1.54, 1.807) is 0 Å². The molecule has 148 valence electrons. The third-order valence-electron chi connectivity index (χ3n) is 6.94. The molecule has 26 heavy (non-hydrogen) atoms.